The predicted molar refractivity (Wildman–Crippen MR) is 89.0 cm³/mol. The lowest BCUT2D eigenvalue weighted by molar-refractivity contribution is 0.409. The van der Waals surface area contributed by atoms with Crippen LogP contribution >= 0.6 is 15.9 Å². The van der Waals surface area contributed by atoms with E-state index in [9.17, 15) is 0 Å². The maximum Gasteiger partial charge on any atom is 0.148 e. The zero-order valence-corrected chi connectivity index (χ0v) is 14.0. The lowest BCUT2D eigenvalue weighted by Gasteiger charge is -2.21. The molecule has 0 aliphatic carbocycles. The summed E-state index contributed by atoms with van der Waals surface area (Å²) in [5, 5.41) is 3.21. The molecule has 0 amide bonds. The number of nitrogens with zero attached hydrogens (tertiary/aromatic N) is 3. The minimum atomic E-state index is 0.700. The number of anilines is 2. The standard InChI is InChI=1S/C15H19BrN4O/c1-4-17-14-13(16)15(19-10-18-14)20(2)9-11-7-5-6-8-12(11)21-3/h5-8,10H,4,9H2,1-3H3,(H,17,18,19). The maximum atomic E-state index is 5.39. The van der Waals surface area contributed by atoms with Gasteiger partial charge in [-0.2, -0.15) is 0 Å². The summed E-state index contributed by atoms with van der Waals surface area (Å²) in [5.41, 5.74) is 1.11. The largest absolute Gasteiger partial charge is 0.496 e. The normalized spacial score (nSPS) is 10.3. The van der Waals surface area contributed by atoms with Crippen LogP contribution in [0, 0.1) is 0 Å². The fourth-order valence-corrected chi connectivity index (χ4v) is 2.73. The Balaban J connectivity index is 2.24. The highest BCUT2D eigenvalue weighted by molar-refractivity contribution is 9.10. The summed E-state index contributed by atoms with van der Waals surface area (Å²) < 4.78 is 6.26. The third kappa shape index (κ3) is 3.64. The highest BCUT2D eigenvalue weighted by atomic mass is 79.9. The molecule has 0 saturated heterocycles. The van der Waals surface area contributed by atoms with Crippen molar-refractivity contribution in [1.82, 2.24) is 9.97 Å². The second-order valence-electron chi connectivity index (χ2n) is 4.56. The Labute approximate surface area is 133 Å². The molecule has 112 valence electrons. The first kappa shape index (κ1) is 15.6. The van der Waals surface area contributed by atoms with Crippen LogP contribution in [0.4, 0.5) is 11.6 Å². The number of halogens is 1. The van der Waals surface area contributed by atoms with Crippen LogP contribution in [-0.2, 0) is 6.54 Å². The van der Waals surface area contributed by atoms with Gasteiger partial charge in [0, 0.05) is 25.7 Å². The number of aromatic nitrogens is 2. The molecule has 0 aliphatic heterocycles. The van der Waals surface area contributed by atoms with E-state index in [0.29, 0.717) is 6.54 Å². The average molecular weight is 351 g/mol. The molecule has 1 N–H and O–H groups in total. The van der Waals surface area contributed by atoms with E-state index in [1.807, 2.05) is 32.2 Å². The van der Waals surface area contributed by atoms with E-state index >= 15 is 0 Å². The van der Waals surface area contributed by atoms with Gasteiger partial charge in [-0.05, 0) is 28.9 Å². The van der Waals surface area contributed by atoms with Crippen molar-refractivity contribution >= 4 is 27.6 Å². The van der Waals surface area contributed by atoms with Gasteiger partial charge in [-0.15, -0.1) is 0 Å². The van der Waals surface area contributed by atoms with E-state index < -0.39 is 0 Å². The summed E-state index contributed by atoms with van der Waals surface area (Å²) in [6.45, 7) is 3.54. The Bertz CT molecular complexity index is 606. The van der Waals surface area contributed by atoms with Gasteiger partial charge in [0.2, 0.25) is 0 Å². The molecule has 1 aromatic heterocycles. The smallest absolute Gasteiger partial charge is 0.148 e. The predicted octanol–water partition coefficient (Wildman–Crippen LogP) is 3.32. The van der Waals surface area contributed by atoms with Crippen molar-refractivity contribution in [3.05, 3.63) is 40.6 Å². The molecule has 0 atom stereocenters. The van der Waals surface area contributed by atoms with Crippen LogP contribution in [0.3, 0.4) is 0 Å². The first-order chi connectivity index (χ1) is 10.2. The molecule has 5 nitrogen and oxygen atoms in total. The second kappa shape index (κ2) is 7.26. The Hall–Kier alpha value is -1.82. The third-order valence-electron chi connectivity index (χ3n) is 3.08. The molecule has 0 saturated carbocycles. The molecule has 6 heteroatoms. The third-order valence-corrected chi connectivity index (χ3v) is 3.81. The van der Waals surface area contributed by atoms with Crippen molar-refractivity contribution in [2.24, 2.45) is 0 Å². The van der Waals surface area contributed by atoms with Gasteiger partial charge in [-0.25, -0.2) is 9.97 Å². The van der Waals surface area contributed by atoms with Crippen molar-refractivity contribution in [1.29, 1.82) is 0 Å². The van der Waals surface area contributed by atoms with E-state index in [1.165, 1.54) is 0 Å². The molecule has 0 bridgehead atoms. The van der Waals surface area contributed by atoms with E-state index in [-0.39, 0.29) is 0 Å². The summed E-state index contributed by atoms with van der Waals surface area (Å²) in [5.74, 6) is 2.52. The molecule has 0 unspecified atom stereocenters. The number of benzene rings is 1. The Kier molecular flexibility index (Phi) is 5.38. The van der Waals surface area contributed by atoms with Gasteiger partial charge in [0.25, 0.3) is 0 Å². The molecule has 1 aromatic carbocycles. The number of rotatable bonds is 6. The summed E-state index contributed by atoms with van der Waals surface area (Å²) in [7, 11) is 3.68. The molecule has 21 heavy (non-hydrogen) atoms. The van der Waals surface area contributed by atoms with Gasteiger partial charge in [0.05, 0.1) is 7.11 Å². The number of hydrogen-bond donors (Lipinski definition) is 1. The number of nitrogens with one attached hydrogen (secondary N) is 1. The molecular weight excluding hydrogens is 332 g/mol. The van der Waals surface area contributed by atoms with Gasteiger partial charge in [0.15, 0.2) is 0 Å². The zero-order valence-electron chi connectivity index (χ0n) is 12.4. The molecule has 0 radical (unpaired) electrons. The van der Waals surface area contributed by atoms with Crippen LogP contribution in [0.5, 0.6) is 5.75 Å². The van der Waals surface area contributed by atoms with Crippen molar-refractivity contribution < 1.29 is 4.74 Å². The molecule has 0 spiro atoms. The monoisotopic (exact) mass is 350 g/mol. The molecule has 2 aromatic rings. The first-order valence-corrected chi connectivity index (χ1v) is 7.54. The van der Waals surface area contributed by atoms with E-state index in [1.54, 1.807) is 13.4 Å². The number of ether oxygens (including phenoxy) is 1. The van der Waals surface area contributed by atoms with Crippen LogP contribution < -0.4 is 15.0 Å². The van der Waals surface area contributed by atoms with Crippen molar-refractivity contribution in [2.75, 3.05) is 30.9 Å². The Morgan fingerprint density at radius 1 is 1.29 bits per heavy atom. The number of para-hydroxylation sites is 1. The van der Waals surface area contributed by atoms with Gasteiger partial charge in [0.1, 0.15) is 28.2 Å². The maximum absolute atomic E-state index is 5.39. The minimum Gasteiger partial charge on any atom is -0.496 e. The summed E-state index contributed by atoms with van der Waals surface area (Å²) in [6, 6.07) is 7.98. The quantitative estimate of drug-likeness (QED) is 0.865. The summed E-state index contributed by atoms with van der Waals surface area (Å²) in [6.07, 6.45) is 1.57. The SMILES string of the molecule is CCNc1ncnc(N(C)Cc2ccccc2OC)c1Br. The van der Waals surface area contributed by atoms with Crippen LogP contribution in [0.1, 0.15) is 12.5 Å². The minimum absolute atomic E-state index is 0.700. The molecule has 0 aliphatic rings. The summed E-state index contributed by atoms with van der Waals surface area (Å²) in [4.78, 5) is 10.7. The lowest BCUT2D eigenvalue weighted by atomic mass is 10.2. The first-order valence-electron chi connectivity index (χ1n) is 6.74. The van der Waals surface area contributed by atoms with Crippen LogP contribution in [0.25, 0.3) is 0 Å². The van der Waals surface area contributed by atoms with Gasteiger partial charge >= 0.3 is 0 Å². The highest BCUT2D eigenvalue weighted by Gasteiger charge is 2.14. The van der Waals surface area contributed by atoms with Gasteiger partial charge in [-0.3, -0.25) is 0 Å². The van der Waals surface area contributed by atoms with Crippen LogP contribution in [-0.4, -0.2) is 30.7 Å². The molecule has 0 fully saturated rings. The van der Waals surface area contributed by atoms with Crippen LogP contribution in [0.2, 0.25) is 0 Å². The molecule has 2 rings (SSSR count). The number of hydrogen-bond acceptors (Lipinski definition) is 5. The molecule has 1 heterocycles. The summed E-state index contributed by atoms with van der Waals surface area (Å²) >= 11 is 3.57. The van der Waals surface area contributed by atoms with Gasteiger partial charge < -0.3 is 15.0 Å². The van der Waals surface area contributed by atoms with E-state index in [0.717, 1.165) is 34.0 Å². The highest BCUT2D eigenvalue weighted by Crippen LogP contribution is 2.30. The van der Waals surface area contributed by atoms with Crippen molar-refractivity contribution in [3.63, 3.8) is 0 Å². The van der Waals surface area contributed by atoms with Crippen molar-refractivity contribution in [3.8, 4) is 5.75 Å². The fourth-order valence-electron chi connectivity index (χ4n) is 2.08. The average Bonchev–Trinajstić information content (AvgIpc) is 2.50. The fraction of sp³-hybridized carbons (Fsp3) is 0.333. The zero-order chi connectivity index (χ0) is 15.2. The lowest BCUT2D eigenvalue weighted by Crippen LogP contribution is -2.19. The topological polar surface area (TPSA) is 50.3 Å². The number of methoxy groups -OCH3 is 1. The second-order valence-corrected chi connectivity index (χ2v) is 5.35. The Morgan fingerprint density at radius 3 is 2.76 bits per heavy atom. The van der Waals surface area contributed by atoms with Crippen molar-refractivity contribution in [2.45, 2.75) is 13.5 Å². The van der Waals surface area contributed by atoms with Gasteiger partial charge in [-0.1, -0.05) is 18.2 Å². The Morgan fingerprint density at radius 2 is 2.05 bits per heavy atom. The van der Waals surface area contributed by atoms with Crippen LogP contribution in [0.15, 0.2) is 35.1 Å². The van der Waals surface area contributed by atoms with E-state index in [4.69, 9.17) is 4.74 Å². The van der Waals surface area contributed by atoms with E-state index in [2.05, 4.69) is 42.2 Å². The molecular formula is C15H19BrN4O.